The second-order valence-electron chi connectivity index (χ2n) is 16.4. The summed E-state index contributed by atoms with van der Waals surface area (Å²) >= 11 is 0. The minimum Gasteiger partial charge on any atom is -0.496 e. The molecule has 24 nitrogen and oxygen atoms in total. The first-order valence-electron chi connectivity index (χ1n) is 21.4. The fourth-order valence-corrected chi connectivity index (χ4v) is 9.43. The number of hydrogen-bond acceptors (Lipinski definition) is 18. The zero-order valence-corrected chi connectivity index (χ0v) is 39.2. The van der Waals surface area contributed by atoms with Crippen LogP contribution in [0.2, 0.25) is 0 Å². The zero-order chi connectivity index (χ0) is 52.3. The summed E-state index contributed by atoms with van der Waals surface area (Å²) in [7, 11) is 7.73. The van der Waals surface area contributed by atoms with Crippen LogP contribution < -0.4 is 28.4 Å². The van der Waals surface area contributed by atoms with E-state index in [1.165, 1.54) is 115 Å². The van der Waals surface area contributed by atoms with Crippen LogP contribution in [0.4, 0.5) is 34.1 Å². The van der Waals surface area contributed by atoms with Crippen molar-refractivity contribution in [2.75, 3.05) is 42.7 Å². The Morgan fingerprint density at radius 2 is 0.347 bits per heavy atom. The lowest BCUT2D eigenvalue weighted by Gasteiger charge is -2.21. The number of fused-ring (bicyclic) bond motifs is 12. The summed E-state index contributed by atoms with van der Waals surface area (Å²) in [5, 5.41) is 75.5. The van der Waals surface area contributed by atoms with Crippen molar-refractivity contribution in [1.29, 1.82) is 0 Å². The molecule has 0 radical (unpaired) electrons. The van der Waals surface area contributed by atoms with Crippen molar-refractivity contribution in [3.8, 4) is 34.5 Å². The van der Waals surface area contributed by atoms with Gasteiger partial charge in [-0.05, 0) is 0 Å². The van der Waals surface area contributed by atoms with Crippen LogP contribution in [-0.4, -0.2) is 72.2 Å². The van der Waals surface area contributed by atoms with Crippen molar-refractivity contribution >= 4 is 34.1 Å². The third kappa shape index (κ3) is 9.99. The summed E-state index contributed by atoms with van der Waals surface area (Å²) in [6.07, 6.45) is -1.78. The van der Waals surface area contributed by atoms with E-state index in [4.69, 9.17) is 28.4 Å². The molecule has 6 aromatic rings. The number of non-ortho nitro benzene ring substituents is 6. The van der Waals surface area contributed by atoms with Crippen molar-refractivity contribution in [2.24, 2.45) is 0 Å². The standard InChI is InChI=1S/C48H42N6O18/c1-67-43-25-7-27-15-38(50(57)58)17-29(44(27)68-2)9-31-19-40(52(61)62)21-33(46(31)70-4)11-35-23-42(54(65)66)24-36(48(35)72-6)12-34-22-41(53(63)64)20-32(47(34)71-5)10-30-18-39(51(59)60)16-28(45(30)69-3)8-26(43)14-37(13-25)49(55)56/h13-24H,7-12H2,1-6H3. The maximum absolute atomic E-state index is 12.6. The highest BCUT2D eigenvalue weighted by Crippen LogP contribution is 2.44. The Labute approximate surface area is 407 Å². The smallest absolute Gasteiger partial charge is 0.270 e. The number of nitrogens with zero attached hydrogens (tertiary/aromatic N) is 6. The van der Waals surface area contributed by atoms with Gasteiger partial charge in [-0.1, -0.05) is 0 Å². The van der Waals surface area contributed by atoms with Gasteiger partial charge < -0.3 is 28.4 Å². The van der Waals surface area contributed by atoms with Crippen LogP contribution in [0, 0.1) is 60.7 Å². The van der Waals surface area contributed by atoms with E-state index in [1.54, 1.807) is 0 Å². The highest BCUT2D eigenvalue weighted by Gasteiger charge is 2.30. The molecule has 0 saturated heterocycles. The molecule has 0 saturated carbocycles. The molecule has 72 heavy (non-hydrogen) atoms. The van der Waals surface area contributed by atoms with Gasteiger partial charge in [0.25, 0.3) is 34.1 Å². The van der Waals surface area contributed by atoms with Crippen LogP contribution in [0.3, 0.4) is 0 Å². The van der Waals surface area contributed by atoms with E-state index in [0.717, 1.165) is 0 Å². The van der Waals surface area contributed by atoms with Crippen molar-refractivity contribution in [3.05, 3.63) is 200 Å². The molecule has 0 fully saturated rings. The summed E-state index contributed by atoms with van der Waals surface area (Å²) in [6.45, 7) is 0. The Bertz CT molecular complexity index is 2570. The quantitative estimate of drug-likeness (QED) is 0.0813. The monoisotopic (exact) mass is 990 g/mol. The van der Waals surface area contributed by atoms with Gasteiger partial charge in [0.15, 0.2) is 0 Å². The van der Waals surface area contributed by atoms with Gasteiger partial charge in [0, 0.05) is 178 Å². The number of methoxy groups -OCH3 is 6. The topological polar surface area (TPSA) is 314 Å². The molecule has 12 bridgehead atoms. The highest BCUT2D eigenvalue weighted by molar-refractivity contribution is 5.64. The first-order chi connectivity index (χ1) is 34.3. The third-order valence-corrected chi connectivity index (χ3v) is 12.1. The normalized spacial score (nSPS) is 12.1. The number of nitro groups is 6. The number of benzene rings is 6. The van der Waals surface area contributed by atoms with Gasteiger partial charge >= 0.3 is 0 Å². The van der Waals surface area contributed by atoms with Gasteiger partial charge in [-0.2, -0.15) is 0 Å². The Morgan fingerprint density at radius 3 is 0.417 bits per heavy atom. The minimum absolute atomic E-state index is 0.0640. The maximum atomic E-state index is 12.6. The fraction of sp³-hybridized carbons (Fsp3) is 0.250. The van der Waals surface area contributed by atoms with Crippen LogP contribution in [-0.2, 0) is 38.5 Å². The SMILES string of the molecule is COc1c2cc([N+](=O)[O-])cc1Cc1cc([N+](=O)[O-])cc(c1OC)Cc1cc([N+](=O)[O-])cc(c1OC)Cc1cc([N+](=O)[O-])cc(c1OC)Cc1cc([N+](=O)[O-])cc(c1OC)Cc1cc([N+](=O)[O-])cc(c1OC)C2. The molecule has 0 aromatic heterocycles. The van der Waals surface area contributed by atoms with E-state index in [9.17, 15) is 60.7 Å². The van der Waals surface area contributed by atoms with Crippen molar-refractivity contribution in [2.45, 2.75) is 38.5 Å². The molecule has 0 spiro atoms. The number of nitro benzene ring substituents is 6. The molecule has 372 valence electrons. The van der Waals surface area contributed by atoms with Crippen LogP contribution in [0.5, 0.6) is 34.5 Å². The Hall–Kier alpha value is -9.48. The second-order valence-corrected chi connectivity index (χ2v) is 16.4. The molecule has 6 aromatic carbocycles. The van der Waals surface area contributed by atoms with E-state index >= 15 is 0 Å². The molecule has 0 N–H and O–H groups in total. The molecule has 7 rings (SSSR count). The van der Waals surface area contributed by atoms with Gasteiger partial charge in [-0.15, -0.1) is 0 Å². The molecule has 24 heteroatoms. The Balaban J connectivity index is 1.61. The zero-order valence-electron chi connectivity index (χ0n) is 39.2. The predicted octanol–water partition coefficient (Wildman–Crippen LogP) is 9.05. The van der Waals surface area contributed by atoms with E-state index < -0.39 is 63.7 Å². The minimum atomic E-state index is -0.671. The molecule has 1 aliphatic rings. The average molecular weight is 991 g/mol. The summed E-state index contributed by atoms with van der Waals surface area (Å²) in [4.78, 5) is 71.4. The van der Waals surface area contributed by atoms with E-state index in [2.05, 4.69) is 0 Å². The summed E-state index contributed by atoms with van der Waals surface area (Å²) in [6, 6.07) is 14.5. The predicted molar refractivity (Wildman–Crippen MR) is 255 cm³/mol. The summed E-state index contributed by atoms with van der Waals surface area (Å²) in [5.41, 5.74) is -0.968. The van der Waals surface area contributed by atoms with Crippen LogP contribution in [0.15, 0.2) is 72.8 Å². The van der Waals surface area contributed by atoms with Crippen LogP contribution >= 0.6 is 0 Å². The molecular weight excluding hydrogens is 949 g/mol. The highest BCUT2D eigenvalue weighted by atomic mass is 16.6. The lowest BCUT2D eigenvalue weighted by atomic mass is 9.90. The summed E-state index contributed by atoms with van der Waals surface area (Å²) < 4.78 is 35.3. The van der Waals surface area contributed by atoms with E-state index in [0.29, 0.717) is 0 Å². The van der Waals surface area contributed by atoms with Crippen molar-refractivity contribution < 1.29 is 58.0 Å². The largest absolute Gasteiger partial charge is 0.496 e. The maximum Gasteiger partial charge on any atom is 0.270 e. The van der Waals surface area contributed by atoms with Gasteiger partial charge in [-0.25, -0.2) is 0 Å². The van der Waals surface area contributed by atoms with Gasteiger partial charge in [0.05, 0.1) is 72.2 Å². The average Bonchev–Trinajstić information content (AvgIpc) is 3.33. The molecular formula is C48H42N6O18. The van der Waals surface area contributed by atoms with Crippen molar-refractivity contribution in [3.63, 3.8) is 0 Å². The molecule has 0 amide bonds. The first-order valence-corrected chi connectivity index (χ1v) is 21.4. The lowest BCUT2D eigenvalue weighted by Crippen LogP contribution is -2.08. The first kappa shape index (κ1) is 50.4. The molecule has 0 aliphatic heterocycles. The van der Waals surface area contributed by atoms with Crippen molar-refractivity contribution in [1.82, 2.24) is 0 Å². The van der Waals surface area contributed by atoms with Gasteiger partial charge in [0.2, 0.25) is 0 Å². The van der Waals surface area contributed by atoms with Gasteiger partial charge in [0.1, 0.15) is 34.5 Å². The van der Waals surface area contributed by atoms with Crippen LogP contribution in [0.25, 0.3) is 0 Å². The number of rotatable bonds is 12. The van der Waals surface area contributed by atoms with E-state index in [-0.39, 0.29) is 140 Å². The van der Waals surface area contributed by atoms with Crippen LogP contribution in [0.1, 0.15) is 66.8 Å². The summed E-state index contributed by atoms with van der Waals surface area (Å²) in [5.74, 6) is 0.384. The number of ether oxygens (including phenoxy) is 6. The molecule has 1 aliphatic carbocycles. The Kier molecular flexibility index (Phi) is 14.4. The lowest BCUT2D eigenvalue weighted by molar-refractivity contribution is -0.385. The molecule has 0 atom stereocenters. The third-order valence-electron chi connectivity index (χ3n) is 12.1. The fourth-order valence-electron chi connectivity index (χ4n) is 9.43. The molecule has 0 heterocycles. The Morgan fingerprint density at radius 1 is 0.250 bits per heavy atom. The molecule has 0 unspecified atom stereocenters. The number of hydrogen-bond donors (Lipinski definition) is 0. The van der Waals surface area contributed by atoms with E-state index in [1.807, 2.05) is 0 Å². The second kappa shape index (κ2) is 20.6. The van der Waals surface area contributed by atoms with Gasteiger partial charge in [-0.3, -0.25) is 60.7 Å².